The van der Waals surface area contributed by atoms with Crippen molar-refractivity contribution in [1.29, 1.82) is 0 Å². The number of hydrogen-bond acceptors (Lipinski definition) is 1. The maximum atomic E-state index is 10.7. The molecule has 0 aromatic heterocycles. The summed E-state index contributed by atoms with van der Waals surface area (Å²) >= 11 is 0. The van der Waals surface area contributed by atoms with Gasteiger partial charge in [0.25, 0.3) is 0 Å². The van der Waals surface area contributed by atoms with Crippen LogP contribution in [0.1, 0.15) is 11.1 Å². The van der Waals surface area contributed by atoms with Crippen molar-refractivity contribution in [3.8, 4) is 0 Å². The maximum Gasteiger partial charge on any atom is 1.00 e. The van der Waals surface area contributed by atoms with Crippen molar-refractivity contribution >= 4 is 11.8 Å². The predicted molar refractivity (Wildman–Crippen MR) is 34.3 cm³/mol. The summed E-state index contributed by atoms with van der Waals surface area (Å²) in [6.45, 7) is 0. The van der Waals surface area contributed by atoms with Gasteiger partial charge in [-0.2, -0.15) is 0 Å². The quantitative estimate of drug-likeness (QED) is 0.377. The van der Waals surface area contributed by atoms with E-state index in [0.717, 1.165) is 11.1 Å². The van der Waals surface area contributed by atoms with Crippen molar-refractivity contribution < 1.29 is 34.7 Å². The summed E-state index contributed by atoms with van der Waals surface area (Å²) in [4.78, 5) is 0. The third kappa shape index (κ3) is 1.01. The van der Waals surface area contributed by atoms with Gasteiger partial charge in [-0.15, -0.1) is 5.76 Å². The fraction of sp³-hybridized carbons (Fsp3) is 0. The minimum atomic E-state index is 0. The molecule has 0 atom stereocenters. The smallest absolute Gasteiger partial charge is 0.872 e. The van der Waals surface area contributed by atoms with Gasteiger partial charge in [0.1, 0.15) is 0 Å². The third-order valence-corrected chi connectivity index (χ3v) is 1.51. The van der Waals surface area contributed by atoms with Crippen molar-refractivity contribution in [2.24, 2.45) is 0 Å². The van der Waals surface area contributed by atoms with Gasteiger partial charge in [-0.25, -0.2) is 0 Å². The Labute approximate surface area is 81.7 Å². The van der Waals surface area contributed by atoms with E-state index in [-0.39, 0.29) is 35.3 Å². The fourth-order valence-electron chi connectivity index (χ4n) is 0.988. The summed E-state index contributed by atoms with van der Waals surface area (Å²) in [6.07, 6.45) is 1.65. The van der Waals surface area contributed by atoms with Gasteiger partial charge in [0.15, 0.2) is 0 Å². The molecule has 0 aliphatic heterocycles. The zero-order valence-corrected chi connectivity index (χ0v) is 7.79. The largest absolute Gasteiger partial charge is 1.00 e. The number of fused-ring (bicyclic) bond motifs is 1. The molecule has 0 amide bonds. The summed E-state index contributed by atoms with van der Waals surface area (Å²) in [5.41, 5.74) is 1.93. The molecule has 1 aliphatic rings. The molecular formula is C8H5NaO. The van der Waals surface area contributed by atoms with Gasteiger partial charge < -0.3 is 5.11 Å². The summed E-state index contributed by atoms with van der Waals surface area (Å²) in [7, 11) is 0. The van der Waals surface area contributed by atoms with Crippen LogP contribution < -0.4 is 34.7 Å². The number of hydrogen-bond donors (Lipinski definition) is 0. The average molecular weight is 140 g/mol. The topological polar surface area (TPSA) is 23.1 Å². The van der Waals surface area contributed by atoms with E-state index in [0.29, 0.717) is 0 Å². The predicted octanol–water partition coefficient (Wildman–Crippen LogP) is -2.14. The first-order valence-electron chi connectivity index (χ1n) is 2.86. The van der Waals surface area contributed by atoms with Gasteiger partial charge in [-0.1, -0.05) is 30.3 Å². The molecule has 1 aromatic rings. The summed E-state index contributed by atoms with van der Waals surface area (Å²) < 4.78 is 0. The van der Waals surface area contributed by atoms with Crippen LogP contribution in [0.3, 0.4) is 0 Å². The van der Waals surface area contributed by atoms with Crippen LogP contribution in [-0.4, -0.2) is 0 Å². The van der Waals surface area contributed by atoms with Crippen LogP contribution >= 0.6 is 0 Å². The van der Waals surface area contributed by atoms with Crippen LogP contribution in [-0.2, 0) is 0 Å². The van der Waals surface area contributed by atoms with Crippen molar-refractivity contribution in [3.63, 3.8) is 0 Å². The summed E-state index contributed by atoms with van der Waals surface area (Å²) in [5.74, 6) is 0.158. The maximum absolute atomic E-state index is 10.7. The first-order valence-corrected chi connectivity index (χ1v) is 2.86. The Kier molecular flexibility index (Phi) is 2.19. The molecular weight excluding hydrogens is 135 g/mol. The zero-order chi connectivity index (χ0) is 6.27. The van der Waals surface area contributed by atoms with E-state index in [1.54, 1.807) is 6.08 Å². The Balaban J connectivity index is 0.000000500. The van der Waals surface area contributed by atoms with Crippen LogP contribution in [0, 0.1) is 0 Å². The Morgan fingerprint density at radius 3 is 2.30 bits per heavy atom. The third-order valence-electron chi connectivity index (χ3n) is 1.51. The minimum absolute atomic E-state index is 0. The molecule has 1 aliphatic carbocycles. The molecule has 0 saturated carbocycles. The van der Waals surface area contributed by atoms with Crippen LogP contribution in [0.5, 0.6) is 0 Å². The SMILES string of the molecule is [Na+].[O-]C1=Cc2ccccc21. The minimum Gasteiger partial charge on any atom is -0.872 e. The number of rotatable bonds is 0. The summed E-state index contributed by atoms with van der Waals surface area (Å²) in [6, 6.07) is 7.60. The van der Waals surface area contributed by atoms with E-state index < -0.39 is 0 Å². The normalized spacial score (nSPS) is 12.2. The molecule has 10 heavy (non-hydrogen) atoms. The molecule has 0 saturated heterocycles. The van der Waals surface area contributed by atoms with Crippen molar-refractivity contribution in [2.45, 2.75) is 0 Å². The average Bonchev–Trinajstić information content (AvgIpc) is 1.86. The molecule has 2 rings (SSSR count). The van der Waals surface area contributed by atoms with Gasteiger partial charge in [-0.05, 0) is 11.1 Å². The molecule has 0 unspecified atom stereocenters. The van der Waals surface area contributed by atoms with Crippen molar-refractivity contribution in [2.75, 3.05) is 0 Å². The van der Waals surface area contributed by atoms with Crippen molar-refractivity contribution in [1.82, 2.24) is 0 Å². The van der Waals surface area contributed by atoms with E-state index in [1.807, 2.05) is 24.3 Å². The second kappa shape index (κ2) is 2.79. The second-order valence-electron chi connectivity index (χ2n) is 2.10. The molecule has 0 radical (unpaired) electrons. The molecule has 1 aromatic carbocycles. The molecule has 0 heterocycles. The van der Waals surface area contributed by atoms with Crippen LogP contribution in [0.25, 0.3) is 11.8 Å². The van der Waals surface area contributed by atoms with Gasteiger partial charge >= 0.3 is 29.6 Å². The molecule has 0 bridgehead atoms. The van der Waals surface area contributed by atoms with Crippen LogP contribution in [0.15, 0.2) is 24.3 Å². The Morgan fingerprint density at radius 1 is 1.10 bits per heavy atom. The monoisotopic (exact) mass is 140 g/mol. The van der Waals surface area contributed by atoms with E-state index in [1.165, 1.54) is 0 Å². The van der Waals surface area contributed by atoms with E-state index >= 15 is 0 Å². The first kappa shape index (κ1) is 7.86. The molecule has 0 spiro atoms. The number of benzene rings is 1. The Morgan fingerprint density at radius 2 is 1.80 bits per heavy atom. The van der Waals surface area contributed by atoms with E-state index in [4.69, 9.17) is 0 Å². The van der Waals surface area contributed by atoms with E-state index in [2.05, 4.69) is 0 Å². The molecule has 0 fully saturated rings. The first-order chi connectivity index (χ1) is 4.38. The second-order valence-corrected chi connectivity index (χ2v) is 2.10. The van der Waals surface area contributed by atoms with Crippen LogP contribution in [0.4, 0.5) is 0 Å². The van der Waals surface area contributed by atoms with Gasteiger partial charge in [0.05, 0.1) is 0 Å². The Hall–Kier alpha value is -0.240. The van der Waals surface area contributed by atoms with E-state index in [9.17, 15) is 5.11 Å². The standard InChI is InChI=1S/C8H6O.Na/c9-8-5-6-3-1-2-4-7(6)8;/h1-5,9H;/q;+1/p-1. The molecule has 0 N–H and O–H groups in total. The molecule has 1 nitrogen and oxygen atoms in total. The molecule has 44 valence electrons. The van der Waals surface area contributed by atoms with Gasteiger partial charge in [0, 0.05) is 0 Å². The molecule has 2 heteroatoms. The van der Waals surface area contributed by atoms with Gasteiger partial charge in [-0.3, -0.25) is 0 Å². The van der Waals surface area contributed by atoms with Gasteiger partial charge in [0.2, 0.25) is 0 Å². The van der Waals surface area contributed by atoms with Crippen LogP contribution in [0.2, 0.25) is 0 Å². The summed E-state index contributed by atoms with van der Waals surface area (Å²) in [5, 5.41) is 10.7. The van der Waals surface area contributed by atoms with Crippen molar-refractivity contribution in [3.05, 3.63) is 35.4 Å². The fourth-order valence-corrected chi connectivity index (χ4v) is 0.988. The Bertz CT molecular complexity index is 278. The zero-order valence-electron chi connectivity index (χ0n) is 5.79.